The van der Waals surface area contributed by atoms with Crippen molar-refractivity contribution in [2.45, 2.75) is 6.10 Å². The third kappa shape index (κ3) is 3.05. The van der Waals surface area contributed by atoms with E-state index in [4.69, 9.17) is 10.5 Å². The first kappa shape index (κ1) is 13.0. The summed E-state index contributed by atoms with van der Waals surface area (Å²) in [5, 5.41) is 0. The van der Waals surface area contributed by atoms with Gasteiger partial charge in [0.05, 0.1) is 4.47 Å². The summed E-state index contributed by atoms with van der Waals surface area (Å²) >= 11 is 3.32. The highest BCUT2D eigenvalue weighted by Gasteiger charge is 2.13. The zero-order chi connectivity index (χ0) is 13.0. The van der Waals surface area contributed by atoms with E-state index >= 15 is 0 Å². The number of hydrogen-bond donors (Lipinski definition) is 1. The molecule has 0 saturated heterocycles. The zero-order valence-electron chi connectivity index (χ0n) is 9.51. The Kier molecular flexibility index (Phi) is 4.28. The molecule has 2 aromatic rings. The Morgan fingerprint density at radius 2 is 2.00 bits per heavy atom. The van der Waals surface area contributed by atoms with Gasteiger partial charge in [0.25, 0.3) is 0 Å². The largest absolute Gasteiger partial charge is 0.483 e. The maximum Gasteiger partial charge on any atom is 0.137 e. The number of nitrogens with two attached hydrogens (primary N) is 1. The van der Waals surface area contributed by atoms with E-state index in [1.807, 2.05) is 12.1 Å². The van der Waals surface area contributed by atoms with E-state index in [0.717, 1.165) is 5.56 Å². The minimum atomic E-state index is -0.348. The van der Waals surface area contributed by atoms with E-state index in [-0.39, 0.29) is 11.9 Å². The first-order valence-electron chi connectivity index (χ1n) is 5.42. The lowest BCUT2D eigenvalue weighted by atomic mass is 10.1. The minimum absolute atomic E-state index is 0.299. The molecule has 18 heavy (non-hydrogen) atoms. The third-order valence-electron chi connectivity index (χ3n) is 2.45. The molecule has 0 aliphatic rings. The Balaban J connectivity index is 2.23. The van der Waals surface area contributed by atoms with E-state index in [1.54, 1.807) is 18.5 Å². The fourth-order valence-corrected chi connectivity index (χ4v) is 1.89. The quantitative estimate of drug-likeness (QED) is 0.944. The van der Waals surface area contributed by atoms with Gasteiger partial charge in [-0.25, -0.2) is 4.39 Å². The number of aromatic nitrogens is 1. The van der Waals surface area contributed by atoms with E-state index in [0.29, 0.717) is 16.8 Å². The normalized spacial score (nSPS) is 12.2. The molecule has 94 valence electrons. The molecule has 1 aromatic carbocycles. The molecule has 0 amide bonds. The maximum absolute atomic E-state index is 13.2. The van der Waals surface area contributed by atoms with Crippen LogP contribution in [0.25, 0.3) is 0 Å². The summed E-state index contributed by atoms with van der Waals surface area (Å²) in [6.07, 6.45) is 3.01. The molecule has 2 N–H and O–H groups in total. The number of ether oxygens (including phenoxy) is 1. The maximum atomic E-state index is 13.2. The van der Waals surface area contributed by atoms with Gasteiger partial charge in [-0.15, -0.1) is 0 Å². The van der Waals surface area contributed by atoms with E-state index in [1.165, 1.54) is 12.1 Å². The Morgan fingerprint density at radius 1 is 1.28 bits per heavy atom. The van der Waals surface area contributed by atoms with E-state index < -0.39 is 0 Å². The standard InChI is InChI=1S/C13H12BrFN2O/c14-11-2-1-10(15)7-12(11)18-13(8-16)9-3-5-17-6-4-9/h1-7,13H,8,16H2. The van der Waals surface area contributed by atoms with Crippen molar-refractivity contribution >= 4 is 15.9 Å². The van der Waals surface area contributed by atoms with Crippen LogP contribution < -0.4 is 10.5 Å². The molecular formula is C13H12BrFN2O. The van der Waals surface area contributed by atoms with Crippen molar-refractivity contribution in [2.75, 3.05) is 6.54 Å². The van der Waals surface area contributed by atoms with Crippen LogP contribution in [0, 0.1) is 5.82 Å². The van der Waals surface area contributed by atoms with Gasteiger partial charge in [-0.05, 0) is 45.8 Å². The molecule has 1 heterocycles. The van der Waals surface area contributed by atoms with E-state index in [2.05, 4.69) is 20.9 Å². The lowest BCUT2D eigenvalue weighted by Crippen LogP contribution is -2.18. The molecule has 0 aliphatic carbocycles. The molecule has 1 aromatic heterocycles. The van der Waals surface area contributed by atoms with Crippen molar-refractivity contribution in [2.24, 2.45) is 5.73 Å². The predicted octanol–water partition coefficient (Wildman–Crippen LogP) is 3.06. The number of hydrogen-bond acceptors (Lipinski definition) is 3. The lowest BCUT2D eigenvalue weighted by Gasteiger charge is -2.18. The van der Waals surface area contributed by atoms with Gasteiger partial charge in [0, 0.05) is 25.0 Å². The summed E-state index contributed by atoms with van der Waals surface area (Å²) in [7, 11) is 0. The summed E-state index contributed by atoms with van der Waals surface area (Å²) in [6.45, 7) is 0.299. The van der Waals surface area contributed by atoms with Gasteiger partial charge in [-0.2, -0.15) is 0 Å². The minimum Gasteiger partial charge on any atom is -0.483 e. The topological polar surface area (TPSA) is 48.1 Å². The fraction of sp³-hybridized carbons (Fsp3) is 0.154. The molecule has 5 heteroatoms. The van der Waals surface area contributed by atoms with Crippen LogP contribution in [-0.2, 0) is 0 Å². The number of pyridine rings is 1. The molecule has 3 nitrogen and oxygen atoms in total. The number of halogens is 2. The highest BCUT2D eigenvalue weighted by Crippen LogP contribution is 2.29. The zero-order valence-corrected chi connectivity index (χ0v) is 11.1. The highest BCUT2D eigenvalue weighted by molar-refractivity contribution is 9.10. The summed E-state index contributed by atoms with van der Waals surface area (Å²) in [6, 6.07) is 7.94. The first-order chi connectivity index (χ1) is 8.70. The second-order valence-corrected chi connectivity index (χ2v) is 4.55. The molecule has 0 bridgehead atoms. The molecule has 1 atom stereocenters. The second kappa shape index (κ2) is 5.93. The lowest BCUT2D eigenvalue weighted by molar-refractivity contribution is 0.212. The molecule has 0 radical (unpaired) electrons. The van der Waals surface area contributed by atoms with Crippen LogP contribution in [0.1, 0.15) is 11.7 Å². The molecule has 0 aliphatic heterocycles. The summed E-state index contributed by atoms with van der Waals surface area (Å²) in [5.41, 5.74) is 6.59. The number of benzene rings is 1. The van der Waals surface area contributed by atoms with Crippen molar-refractivity contribution in [3.63, 3.8) is 0 Å². The van der Waals surface area contributed by atoms with Crippen LogP contribution in [0.5, 0.6) is 5.75 Å². The average Bonchev–Trinajstić information content (AvgIpc) is 2.41. The third-order valence-corrected chi connectivity index (χ3v) is 3.11. The molecule has 0 saturated carbocycles. The van der Waals surface area contributed by atoms with Crippen molar-refractivity contribution in [3.8, 4) is 5.75 Å². The number of rotatable bonds is 4. The molecular weight excluding hydrogens is 299 g/mol. The second-order valence-electron chi connectivity index (χ2n) is 3.70. The Morgan fingerprint density at radius 3 is 2.67 bits per heavy atom. The smallest absolute Gasteiger partial charge is 0.137 e. The monoisotopic (exact) mass is 310 g/mol. The van der Waals surface area contributed by atoms with Crippen LogP contribution in [0.2, 0.25) is 0 Å². The predicted molar refractivity (Wildman–Crippen MR) is 70.8 cm³/mol. The van der Waals surface area contributed by atoms with Gasteiger partial charge in [0.15, 0.2) is 0 Å². The van der Waals surface area contributed by atoms with Gasteiger partial charge in [0.2, 0.25) is 0 Å². The van der Waals surface area contributed by atoms with Crippen molar-refractivity contribution < 1.29 is 9.13 Å². The van der Waals surface area contributed by atoms with Crippen molar-refractivity contribution in [1.29, 1.82) is 0 Å². The van der Waals surface area contributed by atoms with Gasteiger partial charge in [-0.3, -0.25) is 4.98 Å². The average molecular weight is 311 g/mol. The van der Waals surface area contributed by atoms with Crippen molar-refractivity contribution in [1.82, 2.24) is 4.98 Å². The summed E-state index contributed by atoms with van der Waals surface area (Å²) < 4.78 is 19.6. The Bertz CT molecular complexity index is 522. The van der Waals surface area contributed by atoms with Crippen LogP contribution in [0.4, 0.5) is 4.39 Å². The van der Waals surface area contributed by atoms with Crippen LogP contribution in [0.3, 0.4) is 0 Å². The molecule has 0 spiro atoms. The van der Waals surface area contributed by atoms with Crippen LogP contribution in [0.15, 0.2) is 47.2 Å². The SMILES string of the molecule is NCC(Oc1cc(F)ccc1Br)c1ccncc1. The van der Waals surface area contributed by atoms with Crippen LogP contribution >= 0.6 is 15.9 Å². The molecule has 0 fully saturated rings. The summed E-state index contributed by atoms with van der Waals surface area (Å²) in [5.74, 6) is 0.0842. The summed E-state index contributed by atoms with van der Waals surface area (Å²) in [4.78, 5) is 3.94. The van der Waals surface area contributed by atoms with Crippen LogP contribution in [-0.4, -0.2) is 11.5 Å². The van der Waals surface area contributed by atoms with E-state index in [9.17, 15) is 4.39 Å². The van der Waals surface area contributed by atoms with Gasteiger partial charge in [0.1, 0.15) is 17.7 Å². The molecule has 1 unspecified atom stereocenters. The number of nitrogens with zero attached hydrogens (tertiary/aromatic N) is 1. The van der Waals surface area contributed by atoms with Gasteiger partial charge < -0.3 is 10.5 Å². The van der Waals surface area contributed by atoms with Crippen molar-refractivity contribution in [3.05, 3.63) is 58.6 Å². The fourth-order valence-electron chi connectivity index (χ4n) is 1.55. The highest BCUT2D eigenvalue weighted by atomic mass is 79.9. The Hall–Kier alpha value is -1.46. The van der Waals surface area contributed by atoms with Gasteiger partial charge >= 0.3 is 0 Å². The van der Waals surface area contributed by atoms with Gasteiger partial charge in [-0.1, -0.05) is 0 Å². The first-order valence-corrected chi connectivity index (χ1v) is 6.21. The molecule has 2 rings (SSSR count). The Labute approximate surface area is 113 Å².